The second-order valence-corrected chi connectivity index (χ2v) is 8.60. The van der Waals surface area contributed by atoms with Crippen LogP contribution in [0.5, 0.6) is 5.88 Å². The highest BCUT2D eigenvalue weighted by Gasteiger charge is 2.17. The maximum absolute atomic E-state index is 12.8. The van der Waals surface area contributed by atoms with Crippen molar-refractivity contribution in [2.24, 2.45) is 0 Å². The van der Waals surface area contributed by atoms with Crippen LogP contribution in [0.2, 0.25) is 0 Å². The molecule has 2 aromatic heterocycles. The zero-order valence-corrected chi connectivity index (χ0v) is 20.5. The third-order valence-electron chi connectivity index (χ3n) is 5.89. The van der Waals surface area contributed by atoms with Crippen molar-refractivity contribution in [2.75, 3.05) is 11.9 Å². The van der Waals surface area contributed by atoms with Gasteiger partial charge in [0, 0.05) is 36.4 Å². The van der Waals surface area contributed by atoms with Gasteiger partial charge in [0.05, 0.1) is 5.52 Å². The number of aromatic nitrogens is 3. The summed E-state index contributed by atoms with van der Waals surface area (Å²) in [5, 5.41) is 4.33. The normalized spacial score (nSPS) is 10.7. The molecular weight excluding hydrogens is 462 g/mol. The Morgan fingerprint density at radius 2 is 1.70 bits per heavy atom. The van der Waals surface area contributed by atoms with Crippen LogP contribution in [0.1, 0.15) is 18.9 Å². The molecular formula is C30H27N5O2. The summed E-state index contributed by atoms with van der Waals surface area (Å²) in [6, 6.07) is 29.5. The van der Waals surface area contributed by atoms with Gasteiger partial charge in [-0.1, -0.05) is 55.5 Å². The number of rotatable bonds is 8. The number of carbonyl (C=O) groups is 1. The molecule has 5 aromatic rings. The number of amides is 1. The van der Waals surface area contributed by atoms with E-state index < -0.39 is 6.09 Å². The molecule has 1 N–H and O–H groups in total. The fourth-order valence-corrected chi connectivity index (χ4v) is 4.13. The van der Waals surface area contributed by atoms with Crippen molar-refractivity contribution in [1.29, 1.82) is 0 Å². The molecule has 7 heteroatoms. The van der Waals surface area contributed by atoms with Crippen molar-refractivity contribution < 1.29 is 9.53 Å². The Kier molecular flexibility index (Phi) is 7.31. The molecule has 0 saturated carbocycles. The number of fused-ring (bicyclic) bond motifs is 1. The smallest absolute Gasteiger partial charge is 0.391 e. The summed E-state index contributed by atoms with van der Waals surface area (Å²) >= 11 is 0. The lowest BCUT2D eigenvalue weighted by atomic mass is 10.0. The summed E-state index contributed by atoms with van der Waals surface area (Å²) < 4.78 is 5.48. The predicted octanol–water partition coefficient (Wildman–Crippen LogP) is 6.85. The lowest BCUT2D eigenvalue weighted by Gasteiger charge is -2.21. The van der Waals surface area contributed by atoms with E-state index in [1.165, 1.54) is 0 Å². The molecule has 0 bridgehead atoms. The van der Waals surface area contributed by atoms with Crippen molar-refractivity contribution in [3.05, 3.63) is 109 Å². The van der Waals surface area contributed by atoms with Crippen LogP contribution < -0.4 is 10.1 Å². The molecule has 3 aromatic carbocycles. The van der Waals surface area contributed by atoms with Crippen molar-refractivity contribution in [2.45, 2.75) is 19.9 Å². The second kappa shape index (κ2) is 11.3. The van der Waals surface area contributed by atoms with Crippen molar-refractivity contribution in [1.82, 2.24) is 19.9 Å². The summed E-state index contributed by atoms with van der Waals surface area (Å²) in [7, 11) is 0. The first-order valence-corrected chi connectivity index (χ1v) is 12.2. The average molecular weight is 490 g/mol. The lowest BCUT2D eigenvalue weighted by molar-refractivity contribution is 0.147. The van der Waals surface area contributed by atoms with Gasteiger partial charge in [0.25, 0.3) is 0 Å². The van der Waals surface area contributed by atoms with Crippen LogP contribution in [0, 0.1) is 0 Å². The summed E-state index contributed by atoms with van der Waals surface area (Å²) in [4.78, 5) is 27.6. The third kappa shape index (κ3) is 5.90. The maximum Gasteiger partial charge on any atom is 0.416 e. The quantitative estimate of drug-likeness (QED) is 0.257. The van der Waals surface area contributed by atoms with E-state index in [0.29, 0.717) is 19.0 Å². The van der Waals surface area contributed by atoms with E-state index in [0.717, 1.165) is 45.5 Å². The van der Waals surface area contributed by atoms with E-state index in [-0.39, 0.29) is 0 Å². The van der Waals surface area contributed by atoms with Gasteiger partial charge in [0.1, 0.15) is 12.1 Å². The summed E-state index contributed by atoms with van der Waals surface area (Å²) in [6.07, 6.45) is 3.58. The number of anilines is 2. The number of nitrogens with zero attached hydrogens (tertiary/aromatic N) is 4. The average Bonchev–Trinajstić information content (AvgIpc) is 2.94. The standard InChI is InChI=1S/C30H27N5O2/c1-2-17-35(30(36)37-28-13-6-7-16-31-28)20-22-9-8-10-23(18-22)24-14-15-27-26(19-24)29(33-21-32-27)34-25-11-4-3-5-12-25/h3-16,18-19,21H,2,17,20H2,1H3,(H,32,33,34). The zero-order chi connectivity index (χ0) is 25.5. The predicted molar refractivity (Wildman–Crippen MR) is 146 cm³/mol. The minimum Gasteiger partial charge on any atom is -0.391 e. The van der Waals surface area contributed by atoms with Crippen LogP contribution in [0.15, 0.2) is 104 Å². The molecule has 184 valence electrons. The summed E-state index contributed by atoms with van der Waals surface area (Å²) in [5.41, 5.74) is 4.92. The summed E-state index contributed by atoms with van der Waals surface area (Å²) in [5.74, 6) is 1.04. The molecule has 0 aliphatic carbocycles. The first kappa shape index (κ1) is 23.9. The monoisotopic (exact) mass is 489 g/mol. The fraction of sp³-hybridized carbons (Fsp3) is 0.133. The van der Waals surface area contributed by atoms with Gasteiger partial charge in [-0.3, -0.25) is 0 Å². The highest BCUT2D eigenvalue weighted by Crippen LogP contribution is 2.29. The number of ether oxygens (including phenoxy) is 1. The second-order valence-electron chi connectivity index (χ2n) is 8.60. The van der Waals surface area contributed by atoms with Crippen LogP contribution in [-0.2, 0) is 6.54 Å². The molecule has 0 saturated heterocycles. The molecule has 7 nitrogen and oxygen atoms in total. The number of carbonyl (C=O) groups excluding carboxylic acids is 1. The zero-order valence-electron chi connectivity index (χ0n) is 20.5. The minimum absolute atomic E-state index is 0.292. The van der Waals surface area contributed by atoms with E-state index in [1.54, 1.807) is 35.6 Å². The maximum atomic E-state index is 12.8. The van der Waals surface area contributed by atoms with Gasteiger partial charge >= 0.3 is 6.09 Å². The van der Waals surface area contributed by atoms with Gasteiger partial charge in [-0.15, -0.1) is 0 Å². The van der Waals surface area contributed by atoms with Crippen LogP contribution in [0.25, 0.3) is 22.0 Å². The van der Waals surface area contributed by atoms with E-state index in [2.05, 4.69) is 44.5 Å². The van der Waals surface area contributed by atoms with E-state index in [9.17, 15) is 4.79 Å². The number of hydrogen-bond acceptors (Lipinski definition) is 6. The Morgan fingerprint density at radius 3 is 2.51 bits per heavy atom. The topological polar surface area (TPSA) is 80.2 Å². The highest BCUT2D eigenvalue weighted by atomic mass is 16.6. The van der Waals surface area contributed by atoms with Gasteiger partial charge in [0.2, 0.25) is 5.88 Å². The van der Waals surface area contributed by atoms with E-state index in [4.69, 9.17) is 4.74 Å². The molecule has 0 radical (unpaired) electrons. The van der Waals surface area contributed by atoms with Crippen molar-refractivity contribution in [3.8, 4) is 17.0 Å². The molecule has 0 aliphatic heterocycles. The molecule has 0 fully saturated rings. The fourth-order valence-electron chi connectivity index (χ4n) is 4.13. The molecule has 0 aliphatic rings. The van der Waals surface area contributed by atoms with E-state index in [1.807, 2.05) is 55.5 Å². The Labute approximate surface area is 215 Å². The minimum atomic E-state index is -0.412. The molecule has 2 heterocycles. The number of para-hydroxylation sites is 1. The van der Waals surface area contributed by atoms with E-state index >= 15 is 0 Å². The highest BCUT2D eigenvalue weighted by molar-refractivity contribution is 5.93. The van der Waals surface area contributed by atoms with Crippen molar-refractivity contribution >= 4 is 28.5 Å². The molecule has 37 heavy (non-hydrogen) atoms. The molecule has 0 atom stereocenters. The Hall–Kier alpha value is -4.78. The van der Waals surface area contributed by atoms with Crippen LogP contribution in [0.3, 0.4) is 0 Å². The van der Waals surface area contributed by atoms with Crippen LogP contribution >= 0.6 is 0 Å². The first-order valence-electron chi connectivity index (χ1n) is 12.2. The number of hydrogen-bond donors (Lipinski definition) is 1. The molecule has 0 unspecified atom stereocenters. The Morgan fingerprint density at radius 1 is 0.865 bits per heavy atom. The Bertz CT molecular complexity index is 1490. The Balaban J connectivity index is 1.39. The van der Waals surface area contributed by atoms with Gasteiger partial charge < -0.3 is 15.0 Å². The molecule has 0 spiro atoms. The third-order valence-corrected chi connectivity index (χ3v) is 5.89. The lowest BCUT2D eigenvalue weighted by Crippen LogP contribution is -2.34. The SMILES string of the molecule is CCCN(Cc1cccc(-c2ccc3ncnc(Nc4ccccc4)c3c2)c1)C(=O)Oc1ccccn1. The van der Waals surface area contributed by atoms with Gasteiger partial charge in [-0.05, 0) is 59.5 Å². The largest absolute Gasteiger partial charge is 0.416 e. The first-order chi connectivity index (χ1) is 18.2. The van der Waals surface area contributed by atoms with Crippen LogP contribution in [0.4, 0.5) is 16.3 Å². The molecule has 1 amide bonds. The number of benzene rings is 3. The number of nitrogens with one attached hydrogen (secondary N) is 1. The van der Waals surface area contributed by atoms with Gasteiger partial charge in [0.15, 0.2) is 0 Å². The number of pyridine rings is 1. The van der Waals surface area contributed by atoms with Gasteiger partial charge in [-0.25, -0.2) is 19.7 Å². The molecule has 5 rings (SSSR count). The summed E-state index contributed by atoms with van der Waals surface area (Å²) in [6.45, 7) is 3.05. The van der Waals surface area contributed by atoms with Crippen molar-refractivity contribution in [3.63, 3.8) is 0 Å². The van der Waals surface area contributed by atoms with Crippen LogP contribution in [-0.4, -0.2) is 32.5 Å². The van der Waals surface area contributed by atoms with Gasteiger partial charge in [-0.2, -0.15) is 0 Å².